The molecule has 4 heteroatoms. The van der Waals surface area contributed by atoms with Gasteiger partial charge in [0.25, 0.3) is 0 Å². The van der Waals surface area contributed by atoms with E-state index in [9.17, 15) is 4.79 Å². The summed E-state index contributed by atoms with van der Waals surface area (Å²) in [6.07, 6.45) is 3.43. The zero-order valence-electron chi connectivity index (χ0n) is 10.9. The summed E-state index contributed by atoms with van der Waals surface area (Å²) in [6.45, 7) is 4.34. The smallest absolute Gasteiger partial charge is 0.305 e. The Balaban J connectivity index is 2.16. The highest BCUT2D eigenvalue weighted by Gasteiger charge is 2.07. The molecule has 0 aliphatic rings. The average Bonchev–Trinajstić information content (AvgIpc) is 2.78. The summed E-state index contributed by atoms with van der Waals surface area (Å²) in [5, 5.41) is 0. The summed E-state index contributed by atoms with van der Waals surface area (Å²) in [5.41, 5.74) is 4.62. The summed E-state index contributed by atoms with van der Waals surface area (Å²) in [5.74, 6) is 0.509. The molecule has 0 unspecified atom stereocenters. The Hall–Kier alpha value is -2.36. The molecular weight excluding hydrogens is 238 g/mol. The molecule has 0 aliphatic heterocycles. The van der Waals surface area contributed by atoms with Gasteiger partial charge in [-0.2, -0.15) is 0 Å². The lowest BCUT2D eigenvalue weighted by Crippen LogP contribution is -1.99. The molecule has 0 amide bonds. The highest BCUT2D eigenvalue weighted by molar-refractivity contribution is 5.90. The Labute approximate surface area is 110 Å². The highest BCUT2D eigenvalue weighted by atomic mass is 16.1. The third-order valence-electron chi connectivity index (χ3n) is 3.32. The molecule has 0 aliphatic carbocycles. The lowest BCUT2D eigenvalue weighted by molar-refractivity contribution is 0.867. The van der Waals surface area contributed by atoms with Gasteiger partial charge in [-0.05, 0) is 17.0 Å². The second kappa shape index (κ2) is 4.39. The van der Waals surface area contributed by atoms with E-state index in [4.69, 9.17) is 0 Å². The largest absolute Gasteiger partial charge is 0.323 e. The van der Waals surface area contributed by atoms with E-state index in [0.717, 1.165) is 22.2 Å². The normalized spacial score (nSPS) is 11.3. The number of aromatic amines is 2. The van der Waals surface area contributed by atoms with Gasteiger partial charge in [-0.25, -0.2) is 4.79 Å². The van der Waals surface area contributed by atoms with Crippen LogP contribution in [0.15, 0.2) is 41.5 Å². The zero-order chi connectivity index (χ0) is 13.4. The zero-order valence-corrected chi connectivity index (χ0v) is 10.9. The van der Waals surface area contributed by atoms with Crippen molar-refractivity contribution < 1.29 is 0 Å². The predicted molar refractivity (Wildman–Crippen MR) is 76.2 cm³/mol. The van der Waals surface area contributed by atoms with E-state index >= 15 is 0 Å². The van der Waals surface area contributed by atoms with Crippen molar-refractivity contribution in [3.8, 4) is 11.1 Å². The van der Waals surface area contributed by atoms with Crippen LogP contribution in [-0.2, 0) is 0 Å². The Bertz CT molecular complexity index is 766. The van der Waals surface area contributed by atoms with Crippen molar-refractivity contribution in [3.05, 3.63) is 52.7 Å². The molecule has 19 heavy (non-hydrogen) atoms. The molecule has 4 nitrogen and oxygen atoms in total. The maximum Gasteiger partial charge on any atom is 0.323 e. The van der Waals surface area contributed by atoms with Crippen molar-refractivity contribution in [2.45, 2.75) is 19.8 Å². The first-order chi connectivity index (χ1) is 9.15. The first kappa shape index (κ1) is 11.7. The molecule has 2 heterocycles. The molecular formula is C15H15N3O. The van der Waals surface area contributed by atoms with Crippen LogP contribution < -0.4 is 5.69 Å². The standard InChI is InChI=1S/C15H15N3O/c1-9(2)10-3-5-11(6-4-10)12-7-16-8-13-14(12)18-15(19)17-13/h3-9H,1-2H3,(H2,17,18,19). The molecule has 0 saturated heterocycles. The molecule has 0 fully saturated rings. The van der Waals surface area contributed by atoms with E-state index in [1.165, 1.54) is 5.56 Å². The van der Waals surface area contributed by atoms with Crippen LogP contribution in [0.5, 0.6) is 0 Å². The molecule has 0 saturated carbocycles. The van der Waals surface area contributed by atoms with Gasteiger partial charge in [-0.3, -0.25) is 4.98 Å². The third-order valence-corrected chi connectivity index (χ3v) is 3.32. The summed E-state index contributed by atoms with van der Waals surface area (Å²) >= 11 is 0. The SMILES string of the molecule is CC(C)c1ccc(-c2cncc3[nH]c(=O)[nH]c23)cc1. The predicted octanol–water partition coefficient (Wildman–Crippen LogP) is 3.04. The van der Waals surface area contributed by atoms with Crippen LogP contribution in [0.4, 0.5) is 0 Å². The van der Waals surface area contributed by atoms with Gasteiger partial charge in [0, 0.05) is 11.8 Å². The van der Waals surface area contributed by atoms with Crippen LogP contribution in [0, 0.1) is 0 Å². The summed E-state index contributed by atoms with van der Waals surface area (Å²) in [7, 11) is 0. The molecule has 0 atom stereocenters. The maximum absolute atomic E-state index is 11.4. The number of rotatable bonds is 2. The number of benzene rings is 1. The van der Waals surface area contributed by atoms with Gasteiger partial charge in [0.05, 0.1) is 17.2 Å². The first-order valence-corrected chi connectivity index (χ1v) is 6.31. The van der Waals surface area contributed by atoms with Crippen LogP contribution in [0.3, 0.4) is 0 Å². The van der Waals surface area contributed by atoms with Gasteiger partial charge in [-0.1, -0.05) is 38.1 Å². The van der Waals surface area contributed by atoms with E-state index in [1.54, 1.807) is 12.4 Å². The molecule has 3 aromatic rings. The van der Waals surface area contributed by atoms with Crippen molar-refractivity contribution >= 4 is 11.0 Å². The second-order valence-electron chi connectivity index (χ2n) is 4.97. The number of imidazole rings is 1. The number of H-pyrrole nitrogens is 2. The van der Waals surface area contributed by atoms with E-state index in [1.807, 2.05) is 0 Å². The van der Waals surface area contributed by atoms with E-state index in [0.29, 0.717) is 5.92 Å². The molecule has 0 spiro atoms. The van der Waals surface area contributed by atoms with Crippen molar-refractivity contribution in [1.29, 1.82) is 0 Å². The maximum atomic E-state index is 11.4. The number of aromatic nitrogens is 3. The van der Waals surface area contributed by atoms with Crippen LogP contribution in [-0.4, -0.2) is 15.0 Å². The molecule has 96 valence electrons. The Morgan fingerprint density at radius 2 is 1.79 bits per heavy atom. The van der Waals surface area contributed by atoms with Gasteiger partial charge in [0.2, 0.25) is 0 Å². The summed E-state index contributed by atoms with van der Waals surface area (Å²) in [4.78, 5) is 21.1. The Morgan fingerprint density at radius 3 is 2.47 bits per heavy atom. The summed E-state index contributed by atoms with van der Waals surface area (Å²) in [6, 6.07) is 8.36. The molecule has 0 radical (unpaired) electrons. The fourth-order valence-corrected chi connectivity index (χ4v) is 2.22. The van der Waals surface area contributed by atoms with E-state index in [2.05, 4.69) is 53.1 Å². The van der Waals surface area contributed by atoms with Gasteiger partial charge < -0.3 is 9.97 Å². The number of nitrogens with one attached hydrogen (secondary N) is 2. The fourth-order valence-electron chi connectivity index (χ4n) is 2.22. The van der Waals surface area contributed by atoms with Crippen molar-refractivity contribution in [1.82, 2.24) is 15.0 Å². The third kappa shape index (κ3) is 2.05. The van der Waals surface area contributed by atoms with Crippen molar-refractivity contribution in [2.24, 2.45) is 0 Å². The van der Waals surface area contributed by atoms with Gasteiger partial charge in [0.1, 0.15) is 0 Å². The number of nitrogens with zero attached hydrogens (tertiary/aromatic N) is 1. The molecule has 1 aromatic carbocycles. The number of fused-ring (bicyclic) bond motifs is 1. The van der Waals surface area contributed by atoms with Gasteiger partial charge in [-0.15, -0.1) is 0 Å². The Kier molecular flexibility index (Phi) is 2.71. The molecule has 2 N–H and O–H groups in total. The minimum atomic E-state index is -0.206. The van der Waals surface area contributed by atoms with Crippen molar-refractivity contribution in [3.63, 3.8) is 0 Å². The highest BCUT2D eigenvalue weighted by Crippen LogP contribution is 2.26. The van der Waals surface area contributed by atoms with E-state index in [-0.39, 0.29) is 5.69 Å². The molecule has 2 aromatic heterocycles. The summed E-state index contributed by atoms with van der Waals surface area (Å²) < 4.78 is 0. The number of hydrogen-bond donors (Lipinski definition) is 2. The number of hydrogen-bond acceptors (Lipinski definition) is 2. The first-order valence-electron chi connectivity index (χ1n) is 6.31. The quantitative estimate of drug-likeness (QED) is 0.737. The topological polar surface area (TPSA) is 61.5 Å². The number of pyridine rings is 1. The minimum Gasteiger partial charge on any atom is -0.305 e. The Morgan fingerprint density at radius 1 is 1.05 bits per heavy atom. The lowest BCUT2D eigenvalue weighted by Gasteiger charge is -2.07. The van der Waals surface area contributed by atoms with E-state index < -0.39 is 0 Å². The fraction of sp³-hybridized carbons (Fsp3) is 0.200. The molecule has 0 bridgehead atoms. The minimum absolute atomic E-state index is 0.206. The van der Waals surface area contributed by atoms with Crippen LogP contribution in [0.1, 0.15) is 25.3 Å². The lowest BCUT2D eigenvalue weighted by atomic mass is 9.99. The second-order valence-corrected chi connectivity index (χ2v) is 4.97. The average molecular weight is 253 g/mol. The van der Waals surface area contributed by atoms with Crippen LogP contribution in [0.2, 0.25) is 0 Å². The van der Waals surface area contributed by atoms with Gasteiger partial charge in [0.15, 0.2) is 0 Å². The monoisotopic (exact) mass is 253 g/mol. The molecule has 3 rings (SSSR count). The van der Waals surface area contributed by atoms with Crippen molar-refractivity contribution in [2.75, 3.05) is 0 Å². The van der Waals surface area contributed by atoms with Crippen LogP contribution in [0.25, 0.3) is 22.2 Å². The van der Waals surface area contributed by atoms with Gasteiger partial charge >= 0.3 is 5.69 Å². The van der Waals surface area contributed by atoms with Crippen LogP contribution >= 0.6 is 0 Å².